The van der Waals surface area contributed by atoms with E-state index < -0.39 is 0 Å². The lowest BCUT2D eigenvalue weighted by atomic mass is 10.2. The van der Waals surface area contributed by atoms with Crippen molar-refractivity contribution in [2.24, 2.45) is 0 Å². The molecule has 0 aliphatic carbocycles. The molecular weight excluding hydrogens is 197 g/mol. The first-order valence-corrected chi connectivity index (χ1v) is 4.44. The van der Waals surface area contributed by atoms with E-state index in [1.54, 1.807) is 18.3 Å². The molecule has 1 heterocycles. The van der Waals surface area contributed by atoms with Crippen LogP contribution >= 0.6 is 0 Å². The van der Waals surface area contributed by atoms with Crippen LogP contribution in [0, 0.1) is 5.82 Å². The lowest BCUT2D eigenvalue weighted by Crippen LogP contribution is -2.01. The summed E-state index contributed by atoms with van der Waals surface area (Å²) in [5.74, 6) is 0.344. The molecule has 1 aromatic heterocycles. The van der Waals surface area contributed by atoms with Gasteiger partial charge in [0.1, 0.15) is 5.82 Å². The molecule has 2 rings (SSSR count). The van der Waals surface area contributed by atoms with E-state index in [4.69, 9.17) is 10.3 Å². The quantitative estimate of drug-likeness (QED) is 0.755. The van der Waals surface area contributed by atoms with Crippen LogP contribution in [0.15, 0.2) is 35.0 Å². The van der Waals surface area contributed by atoms with Crippen LogP contribution in [-0.2, 0) is 6.54 Å². The van der Waals surface area contributed by atoms with Crippen molar-refractivity contribution >= 4 is 11.4 Å². The minimum atomic E-state index is -0.349. The molecule has 4 nitrogen and oxygen atoms in total. The van der Waals surface area contributed by atoms with Gasteiger partial charge in [0, 0.05) is 6.07 Å². The minimum absolute atomic E-state index is 0.349. The number of hydrogen-bond donors (Lipinski definition) is 2. The van der Waals surface area contributed by atoms with Crippen LogP contribution < -0.4 is 11.1 Å². The van der Waals surface area contributed by atoms with Gasteiger partial charge in [-0.25, -0.2) is 4.39 Å². The van der Waals surface area contributed by atoms with Crippen LogP contribution in [0.1, 0.15) is 5.76 Å². The summed E-state index contributed by atoms with van der Waals surface area (Å²) in [5.41, 5.74) is 6.66. The van der Waals surface area contributed by atoms with Gasteiger partial charge in [0.05, 0.1) is 24.1 Å². The van der Waals surface area contributed by atoms with E-state index in [0.717, 1.165) is 0 Å². The van der Waals surface area contributed by atoms with Gasteiger partial charge in [-0.15, -0.1) is 0 Å². The summed E-state index contributed by atoms with van der Waals surface area (Å²) in [6.07, 6.45) is 1.56. The Morgan fingerprint density at radius 1 is 1.40 bits per heavy atom. The van der Waals surface area contributed by atoms with E-state index in [-0.39, 0.29) is 5.82 Å². The Labute approximate surface area is 85.9 Å². The second-order valence-corrected chi connectivity index (χ2v) is 3.06. The van der Waals surface area contributed by atoms with Crippen molar-refractivity contribution < 1.29 is 8.91 Å². The molecule has 0 saturated heterocycles. The highest BCUT2D eigenvalue weighted by Crippen LogP contribution is 2.19. The number of anilines is 2. The van der Waals surface area contributed by atoms with Crippen molar-refractivity contribution in [1.82, 2.24) is 5.16 Å². The zero-order chi connectivity index (χ0) is 10.7. The number of nitrogens with two attached hydrogens (primary N) is 1. The molecule has 3 N–H and O–H groups in total. The Hall–Kier alpha value is -2.04. The number of halogens is 1. The van der Waals surface area contributed by atoms with E-state index in [0.29, 0.717) is 23.7 Å². The summed E-state index contributed by atoms with van der Waals surface area (Å²) < 4.78 is 17.6. The van der Waals surface area contributed by atoms with E-state index in [1.807, 2.05) is 0 Å². The molecule has 2 aromatic rings. The SMILES string of the molecule is Nc1cc(F)ccc1NCc1ccno1. The molecule has 15 heavy (non-hydrogen) atoms. The zero-order valence-corrected chi connectivity index (χ0v) is 7.90. The van der Waals surface area contributed by atoms with Crippen molar-refractivity contribution in [3.05, 3.63) is 42.0 Å². The lowest BCUT2D eigenvalue weighted by molar-refractivity contribution is 0.388. The molecule has 0 bridgehead atoms. The number of benzene rings is 1. The summed E-state index contributed by atoms with van der Waals surface area (Å²) in [6, 6.07) is 5.94. The molecular formula is C10H10FN3O. The lowest BCUT2D eigenvalue weighted by Gasteiger charge is -2.06. The van der Waals surface area contributed by atoms with Crippen LogP contribution in [0.4, 0.5) is 15.8 Å². The minimum Gasteiger partial charge on any atom is -0.397 e. The summed E-state index contributed by atoms with van der Waals surface area (Å²) in [6.45, 7) is 0.468. The fourth-order valence-electron chi connectivity index (χ4n) is 1.21. The standard InChI is InChI=1S/C10H10FN3O/c11-7-1-2-10(9(12)5-7)13-6-8-3-4-14-15-8/h1-5,13H,6,12H2. The highest BCUT2D eigenvalue weighted by molar-refractivity contribution is 5.65. The van der Waals surface area contributed by atoms with Crippen molar-refractivity contribution in [3.63, 3.8) is 0 Å². The third-order valence-corrected chi connectivity index (χ3v) is 1.96. The Morgan fingerprint density at radius 2 is 2.27 bits per heavy atom. The van der Waals surface area contributed by atoms with Gasteiger partial charge in [-0.05, 0) is 18.2 Å². The van der Waals surface area contributed by atoms with E-state index >= 15 is 0 Å². The number of nitrogens with one attached hydrogen (secondary N) is 1. The third kappa shape index (κ3) is 2.25. The molecule has 0 aliphatic heterocycles. The highest BCUT2D eigenvalue weighted by atomic mass is 19.1. The Bertz CT molecular complexity index is 442. The van der Waals surface area contributed by atoms with Crippen LogP contribution in [0.3, 0.4) is 0 Å². The largest absolute Gasteiger partial charge is 0.397 e. The topological polar surface area (TPSA) is 64.1 Å². The molecule has 5 heteroatoms. The zero-order valence-electron chi connectivity index (χ0n) is 7.90. The second kappa shape index (κ2) is 4.00. The van der Waals surface area contributed by atoms with Crippen molar-refractivity contribution in [1.29, 1.82) is 0 Å². The monoisotopic (exact) mass is 207 g/mol. The molecule has 0 radical (unpaired) electrons. The van der Waals surface area contributed by atoms with E-state index in [9.17, 15) is 4.39 Å². The summed E-state index contributed by atoms with van der Waals surface area (Å²) in [7, 11) is 0. The number of nitrogen functional groups attached to an aromatic ring is 1. The van der Waals surface area contributed by atoms with E-state index in [2.05, 4.69) is 10.5 Å². The Morgan fingerprint density at radius 3 is 2.93 bits per heavy atom. The van der Waals surface area contributed by atoms with Crippen LogP contribution in [0.5, 0.6) is 0 Å². The van der Waals surface area contributed by atoms with Gasteiger partial charge in [-0.3, -0.25) is 0 Å². The number of hydrogen-bond acceptors (Lipinski definition) is 4. The van der Waals surface area contributed by atoms with Crippen molar-refractivity contribution in [3.8, 4) is 0 Å². The van der Waals surface area contributed by atoms with Gasteiger partial charge in [0.15, 0.2) is 5.76 Å². The summed E-state index contributed by atoms with van der Waals surface area (Å²) in [4.78, 5) is 0. The highest BCUT2D eigenvalue weighted by Gasteiger charge is 2.01. The van der Waals surface area contributed by atoms with Crippen molar-refractivity contribution in [2.45, 2.75) is 6.54 Å². The molecule has 0 atom stereocenters. The maximum atomic E-state index is 12.7. The molecule has 78 valence electrons. The first-order chi connectivity index (χ1) is 7.25. The van der Waals surface area contributed by atoms with Gasteiger partial charge < -0.3 is 15.6 Å². The fourth-order valence-corrected chi connectivity index (χ4v) is 1.21. The first-order valence-electron chi connectivity index (χ1n) is 4.44. The number of aromatic nitrogens is 1. The van der Waals surface area contributed by atoms with Crippen LogP contribution in [0.2, 0.25) is 0 Å². The smallest absolute Gasteiger partial charge is 0.155 e. The Balaban J connectivity index is 2.05. The summed E-state index contributed by atoms with van der Waals surface area (Å²) in [5, 5.41) is 6.58. The normalized spacial score (nSPS) is 10.2. The maximum absolute atomic E-state index is 12.7. The van der Waals surface area contributed by atoms with Gasteiger partial charge in [-0.1, -0.05) is 5.16 Å². The average molecular weight is 207 g/mol. The van der Waals surface area contributed by atoms with Gasteiger partial charge >= 0.3 is 0 Å². The molecule has 0 aliphatic rings. The Kier molecular flexibility index (Phi) is 2.53. The molecule has 0 saturated carbocycles. The molecule has 0 unspecified atom stereocenters. The van der Waals surface area contributed by atoms with Crippen LogP contribution in [-0.4, -0.2) is 5.16 Å². The van der Waals surface area contributed by atoms with E-state index in [1.165, 1.54) is 12.1 Å². The van der Waals surface area contributed by atoms with Gasteiger partial charge in [-0.2, -0.15) is 0 Å². The average Bonchev–Trinajstić information content (AvgIpc) is 2.69. The first kappa shape index (κ1) is 9.51. The third-order valence-electron chi connectivity index (χ3n) is 1.96. The summed E-state index contributed by atoms with van der Waals surface area (Å²) >= 11 is 0. The van der Waals surface area contributed by atoms with Gasteiger partial charge in [0.2, 0.25) is 0 Å². The molecule has 1 aromatic carbocycles. The fraction of sp³-hybridized carbons (Fsp3) is 0.100. The predicted molar refractivity (Wildman–Crippen MR) is 54.6 cm³/mol. The molecule has 0 spiro atoms. The van der Waals surface area contributed by atoms with Crippen molar-refractivity contribution in [2.75, 3.05) is 11.1 Å². The maximum Gasteiger partial charge on any atom is 0.155 e. The second-order valence-electron chi connectivity index (χ2n) is 3.06. The van der Waals surface area contributed by atoms with Gasteiger partial charge in [0.25, 0.3) is 0 Å². The van der Waals surface area contributed by atoms with Crippen LogP contribution in [0.25, 0.3) is 0 Å². The molecule has 0 amide bonds. The number of nitrogens with zero attached hydrogens (tertiary/aromatic N) is 1. The number of rotatable bonds is 3. The molecule has 0 fully saturated rings. The predicted octanol–water partition coefficient (Wildman–Crippen LogP) is 2.01.